The minimum atomic E-state index is -1.33. The number of carbonyl (C=O) groups excluding carboxylic acids is 2. The van der Waals surface area contributed by atoms with E-state index in [-0.39, 0.29) is 100.0 Å². The van der Waals surface area contributed by atoms with Crippen LogP contribution >= 0.6 is 0 Å². The molecule has 7 rings (SSSR count). The lowest BCUT2D eigenvalue weighted by Crippen LogP contribution is -2.46. The Morgan fingerprint density at radius 1 is 0.667 bits per heavy atom. The SMILES string of the molecule is O=C(O[C@H]1Cc2c(O)cc(O)cc2O[C@H]1C1CCC(=O)c2c(O)c(O)cc([C@@H]3Oc4cc(O)cc(O)c4C[C@@H]3O)c2C1)c1cc(O)c(O)c(O)c1. The quantitative estimate of drug-likeness (QED) is 0.0829. The Morgan fingerprint density at radius 2 is 1.25 bits per heavy atom. The number of hydrogen-bond donors (Lipinski definition) is 10. The molecule has 4 aromatic rings. The van der Waals surface area contributed by atoms with Gasteiger partial charge in [-0.3, -0.25) is 4.79 Å². The zero-order valence-corrected chi connectivity index (χ0v) is 26.5. The smallest absolute Gasteiger partial charge is 0.338 e. The molecule has 1 unspecified atom stereocenters. The van der Waals surface area contributed by atoms with E-state index in [1.165, 1.54) is 12.1 Å². The highest BCUT2D eigenvalue weighted by Crippen LogP contribution is 2.49. The number of phenols is 9. The van der Waals surface area contributed by atoms with Gasteiger partial charge in [0.1, 0.15) is 46.7 Å². The molecule has 15 nitrogen and oxygen atoms in total. The molecule has 0 amide bonds. The van der Waals surface area contributed by atoms with Gasteiger partial charge in [-0.1, -0.05) is 0 Å². The van der Waals surface area contributed by atoms with Crippen molar-refractivity contribution in [3.05, 3.63) is 75.8 Å². The molecule has 0 bridgehead atoms. The van der Waals surface area contributed by atoms with Crippen molar-refractivity contribution < 1.29 is 74.9 Å². The molecular weight excluding hydrogens is 672 g/mol. The number of aromatic hydroxyl groups is 9. The summed E-state index contributed by atoms with van der Waals surface area (Å²) >= 11 is 0. The van der Waals surface area contributed by atoms with Gasteiger partial charge in [0.05, 0.1) is 17.2 Å². The highest BCUT2D eigenvalue weighted by molar-refractivity contribution is 6.01. The van der Waals surface area contributed by atoms with Crippen LogP contribution in [0.2, 0.25) is 0 Å². The third kappa shape index (κ3) is 5.80. The fourth-order valence-corrected chi connectivity index (χ4v) is 7.21. The van der Waals surface area contributed by atoms with Crippen LogP contribution in [0.4, 0.5) is 0 Å². The van der Waals surface area contributed by atoms with Crippen molar-refractivity contribution in [1.82, 2.24) is 0 Å². The van der Waals surface area contributed by atoms with Gasteiger partial charge in [-0.25, -0.2) is 4.79 Å². The van der Waals surface area contributed by atoms with Crippen molar-refractivity contribution in [1.29, 1.82) is 0 Å². The molecule has 1 aliphatic carbocycles. The van der Waals surface area contributed by atoms with E-state index in [0.29, 0.717) is 0 Å². The number of carbonyl (C=O) groups is 2. The number of phenolic OH excluding ortho intramolecular Hbond substituents is 9. The number of rotatable bonds is 4. The fourth-order valence-electron chi connectivity index (χ4n) is 7.21. The number of hydrogen-bond acceptors (Lipinski definition) is 15. The van der Waals surface area contributed by atoms with Gasteiger partial charge < -0.3 is 65.3 Å². The maximum Gasteiger partial charge on any atom is 0.338 e. The Morgan fingerprint density at radius 3 is 1.90 bits per heavy atom. The van der Waals surface area contributed by atoms with Crippen LogP contribution in [0.5, 0.6) is 63.2 Å². The third-order valence-electron chi connectivity index (χ3n) is 9.64. The molecule has 2 aliphatic heterocycles. The van der Waals surface area contributed by atoms with E-state index in [4.69, 9.17) is 14.2 Å². The van der Waals surface area contributed by atoms with Crippen LogP contribution in [0, 0.1) is 5.92 Å². The average molecular weight is 705 g/mol. The second-order valence-corrected chi connectivity index (χ2v) is 12.9. The topological polar surface area (TPSA) is 264 Å². The van der Waals surface area contributed by atoms with Gasteiger partial charge in [0, 0.05) is 66.1 Å². The van der Waals surface area contributed by atoms with Crippen molar-refractivity contribution in [2.45, 2.75) is 56.5 Å². The van der Waals surface area contributed by atoms with E-state index in [2.05, 4.69) is 0 Å². The summed E-state index contributed by atoms with van der Waals surface area (Å²) in [6.45, 7) is 0. The summed E-state index contributed by atoms with van der Waals surface area (Å²) in [5.41, 5.74) is 0.170. The van der Waals surface area contributed by atoms with Crippen LogP contribution < -0.4 is 9.47 Å². The van der Waals surface area contributed by atoms with E-state index >= 15 is 0 Å². The van der Waals surface area contributed by atoms with E-state index in [1.807, 2.05) is 0 Å². The van der Waals surface area contributed by atoms with E-state index < -0.39 is 70.8 Å². The molecule has 0 spiro atoms. The number of aliphatic hydroxyl groups excluding tert-OH is 1. The summed E-state index contributed by atoms with van der Waals surface area (Å²) in [4.78, 5) is 27.0. The predicted molar refractivity (Wildman–Crippen MR) is 172 cm³/mol. The van der Waals surface area contributed by atoms with Crippen molar-refractivity contribution >= 4 is 11.8 Å². The third-order valence-corrected chi connectivity index (χ3v) is 9.64. The second-order valence-electron chi connectivity index (χ2n) is 12.9. The minimum absolute atomic E-state index is 0.0470. The molecule has 2 heterocycles. The van der Waals surface area contributed by atoms with Gasteiger partial charge >= 0.3 is 5.97 Å². The number of aliphatic hydroxyl groups is 1. The summed E-state index contributed by atoms with van der Waals surface area (Å²) in [5.74, 6) is -7.26. The van der Waals surface area contributed by atoms with Crippen molar-refractivity contribution in [3.8, 4) is 63.2 Å². The Balaban J connectivity index is 1.30. The zero-order valence-electron chi connectivity index (χ0n) is 26.5. The summed E-state index contributed by atoms with van der Waals surface area (Å²) in [5, 5.41) is 104. The molecule has 5 atom stereocenters. The standard InChI is InChI=1S/C36H32O15/c37-15-6-22(40)19-11-27(45)35(50-28(19)8-15)18-10-26(44)33(47)31-17(18)3-13(1-2-21(31)39)34-30(12-20-23(41)7-16(38)9-29(20)49-34)51-36(48)14-4-24(42)32(46)25(43)5-14/h4-10,13,27,30,34-35,37-38,40-47H,1-3,11-12H2/t13?,27-,30-,34-,35-/m0/s1. The maximum absolute atomic E-state index is 13.6. The summed E-state index contributed by atoms with van der Waals surface area (Å²) in [6.07, 6.45) is -5.29. The summed E-state index contributed by atoms with van der Waals surface area (Å²) in [6, 6.07) is 7.59. The number of Topliss-reactive ketones (excluding diaryl/α,β-unsaturated/α-hetero) is 1. The van der Waals surface area contributed by atoms with Gasteiger partial charge in [-0.2, -0.15) is 0 Å². The number of ketones is 1. The average Bonchev–Trinajstić information content (AvgIpc) is 3.24. The molecule has 4 aromatic carbocycles. The van der Waals surface area contributed by atoms with E-state index in [9.17, 15) is 60.7 Å². The number of fused-ring (bicyclic) bond motifs is 3. The van der Waals surface area contributed by atoms with Crippen LogP contribution in [-0.4, -0.2) is 81.1 Å². The Labute approximate surface area is 288 Å². The first kappa shape index (κ1) is 33.3. The molecule has 51 heavy (non-hydrogen) atoms. The molecule has 3 aliphatic rings. The normalized spacial score (nSPS) is 22.4. The lowest BCUT2D eigenvalue weighted by atomic mass is 9.82. The molecule has 0 saturated heterocycles. The van der Waals surface area contributed by atoms with Crippen LogP contribution in [0.25, 0.3) is 0 Å². The monoisotopic (exact) mass is 704 g/mol. The Kier molecular flexibility index (Phi) is 8.01. The fraction of sp³-hybridized carbons (Fsp3) is 0.278. The lowest BCUT2D eigenvalue weighted by Gasteiger charge is -2.38. The van der Waals surface area contributed by atoms with Gasteiger partial charge in [-0.15, -0.1) is 0 Å². The molecule has 0 fully saturated rings. The van der Waals surface area contributed by atoms with Gasteiger partial charge in [0.2, 0.25) is 0 Å². The van der Waals surface area contributed by atoms with Crippen LogP contribution in [-0.2, 0) is 24.0 Å². The van der Waals surface area contributed by atoms with Crippen molar-refractivity contribution in [2.24, 2.45) is 5.92 Å². The van der Waals surface area contributed by atoms with Crippen LogP contribution in [0.15, 0.2) is 42.5 Å². The molecule has 10 N–H and O–H groups in total. The minimum Gasteiger partial charge on any atom is -0.508 e. The highest BCUT2D eigenvalue weighted by atomic mass is 16.6. The molecular formula is C36H32O15. The number of ether oxygens (including phenoxy) is 3. The first-order valence-corrected chi connectivity index (χ1v) is 15.9. The second kappa shape index (κ2) is 12.3. The van der Waals surface area contributed by atoms with E-state index in [1.54, 1.807) is 0 Å². The van der Waals surface area contributed by atoms with Crippen molar-refractivity contribution in [3.63, 3.8) is 0 Å². The molecule has 15 heteroatoms. The molecule has 0 saturated carbocycles. The van der Waals surface area contributed by atoms with Gasteiger partial charge in [-0.05, 0) is 36.6 Å². The predicted octanol–water partition coefficient (Wildman–Crippen LogP) is 3.44. The summed E-state index contributed by atoms with van der Waals surface area (Å²) in [7, 11) is 0. The Hall–Kier alpha value is -6.22. The molecule has 0 radical (unpaired) electrons. The zero-order chi connectivity index (χ0) is 36.5. The summed E-state index contributed by atoms with van der Waals surface area (Å²) < 4.78 is 18.2. The first-order chi connectivity index (χ1) is 24.2. The largest absolute Gasteiger partial charge is 0.508 e. The molecule has 266 valence electrons. The van der Waals surface area contributed by atoms with Crippen molar-refractivity contribution in [2.75, 3.05) is 0 Å². The number of esters is 1. The van der Waals surface area contributed by atoms with Crippen LogP contribution in [0.1, 0.15) is 61.9 Å². The lowest BCUT2D eigenvalue weighted by molar-refractivity contribution is -0.0395. The van der Waals surface area contributed by atoms with Gasteiger partial charge in [0.15, 0.2) is 40.6 Å². The highest BCUT2D eigenvalue weighted by Gasteiger charge is 2.44. The maximum atomic E-state index is 13.6. The number of benzene rings is 4. The first-order valence-electron chi connectivity index (χ1n) is 15.9. The van der Waals surface area contributed by atoms with E-state index in [0.717, 1.165) is 30.3 Å². The Bertz CT molecular complexity index is 2080. The molecule has 0 aromatic heterocycles. The van der Waals surface area contributed by atoms with Gasteiger partial charge in [0.25, 0.3) is 0 Å². The van der Waals surface area contributed by atoms with Crippen LogP contribution in [0.3, 0.4) is 0 Å².